The normalized spacial score (nSPS) is 28.9. The summed E-state index contributed by atoms with van der Waals surface area (Å²) in [7, 11) is 0. The predicted octanol–water partition coefficient (Wildman–Crippen LogP) is 4.33. The lowest BCUT2D eigenvalue weighted by Crippen LogP contribution is -2.59. The number of rotatable bonds is 10. The Morgan fingerprint density at radius 2 is 1.98 bits per heavy atom. The number of carbonyl (C=O) groups excluding carboxylic acids is 3. The highest BCUT2D eigenvalue weighted by atomic mass is 32.2. The molecule has 218 valence electrons. The molecule has 3 saturated heterocycles. The molecule has 5 rings (SSSR count). The molecule has 2 bridgehead atoms. The van der Waals surface area contributed by atoms with Gasteiger partial charge in [-0.15, -0.1) is 18.3 Å². The fourth-order valence-corrected chi connectivity index (χ4v) is 9.76. The van der Waals surface area contributed by atoms with E-state index in [0.717, 1.165) is 28.8 Å². The number of hydrogen-bond acceptors (Lipinski definition) is 6. The van der Waals surface area contributed by atoms with Crippen LogP contribution in [-0.2, 0) is 25.5 Å². The SMILES string of the molecule is C=CCN(C(=O)C1N([C@@H](CO)Cc2ccccc2)C(=O)[C@@H]2[C@@H](C(=O)OCC)[C@H]3CC(C)C12S3)c1cc(C)ccc1C. The van der Waals surface area contributed by atoms with Crippen LogP contribution in [0.1, 0.15) is 37.0 Å². The Labute approximate surface area is 246 Å². The predicted molar refractivity (Wildman–Crippen MR) is 162 cm³/mol. The minimum absolute atomic E-state index is 0.0105. The van der Waals surface area contributed by atoms with Gasteiger partial charge in [0.1, 0.15) is 6.04 Å². The summed E-state index contributed by atoms with van der Waals surface area (Å²) in [5.74, 6) is -2.11. The van der Waals surface area contributed by atoms with Gasteiger partial charge in [0.15, 0.2) is 0 Å². The van der Waals surface area contributed by atoms with Crippen molar-refractivity contribution in [3.63, 3.8) is 0 Å². The van der Waals surface area contributed by atoms with Crippen molar-refractivity contribution < 1.29 is 24.2 Å². The maximum Gasteiger partial charge on any atom is 0.310 e. The molecule has 8 heteroatoms. The van der Waals surface area contributed by atoms with Crippen LogP contribution in [0.5, 0.6) is 0 Å². The number of benzene rings is 2. The Bertz CT molecular complexity index is 1330. The second kappa shape index (κ2) is 11.6. The Hall–Kier alpha value is -3.10. The van der Waals surface area contributed by atoms with Crippen LogP contribution < -0.4 is 4.90 Å². The van der Waals surface area contributed by atoms with Crippen molar-refractivity contribution in [2.45, 2.75) is 62.6 Å². The van der Waals surface area contributed by atoms with Gasteiger partial charge in [-0.2, -0.15) is 0 Å². The molecule has 0 aromatic heterocycles. The molecule has 7 nitrogen and oxygen atoms in total. The van der Waals surface area contributed by atoms with E-state index in [1.165, 1.54) is 0 Å². The second-order valence-electron chi connectivity index (χ2n) is 11.6. The lowest BCUT2D eigenvalue weighted by molar-refractivity contribution is -0.154. The quantitative estimate of drug-likeness (QED) is 0.335. The molecular formula is C33H40N2O5S. The fourth-order valence-electron chi connectivity index (χ4n) is 7.37. The summed E-state index contributed by atoms with van der Waals surface area (Å²) in [5, 5.41) is 10.6. The minimum Gasteiger partial charge on any atom is -0.466 e. The van der Waals surface area contributed by atoms with Gasteiger partial charge in [0.25, 0.3) is 5.91 Å². The van der Waals surface area contributed by atoms with Gasteiger partial charge in [0.2, 0.25) is 5.91 Å². The summed E-state index contributed by atoms with van der Waals surface area (Å²) in [5.41, 5.74) is 3.70. The van der Waals surface area contributed by atoms with Crippen LogP contribution in [-0.4, -0.2) is 69.6 Å². The third kappa shape index (κ3) is 4.79. The van der Waals surface area contributed by atoms with Crippen LogP contribution in [0.4, 0.5) is 5.69 Å². The number of esters is 1. The Morgan fingerprint density at radius 1 is 1.24 bits per heavy atom. The second-order valence-corrected chi connectivity index (χ2v) is 13.2. The number of carbonyl (C=O) groups is 3. The summed E-state index contributed by atoms with van der Waals surface area (Å²) in [6.07, 6.45) is 2.82. The molecule has 3 fully saturated rings. The van der Waals surface area contributed by atoms with Gasteiger partial charge in [-0.1, -0.05) is 55.5 Å². The van der Waals surface area contributed by atoms with E-state index < -0.39 is 28.7 Å². The number of amides is 2. The smallest absolute Gasteiger partial charge is 0.310 e. The van der Waals surface area contributed by atoms with E-state index in [-0.39, 0.29) is 48.7 Å². The van der Waals surface area contributed by atoms with Crippen molar-refractivity contribution in [2.75, 3.05) is 24.7 Å². The zero-order valence-corrected chi connectivity index (χ0v) is 25.1. The number of aliphatic hydroxyl groups is 1. The third-order valence-corrected chi connectivity index (χ3v) is 11.2. The van der Waals surface area contributed by atoms with Crippen molar-refractivity contribution in [3.8, 4) is 0 Å². The van der Waals surface area contributed by atoms with E-state index in [0.29, 0.717) is 6.42 Å². The van der Waals surface area contributed by atoms with Gasteiger partial charge in [-0.3, -0.25) is 14.4 Å². The maximum absolute atomic E-state index is 15.0. The number of anilines is 1. The molecule has 41 heavy (non-hydrogen) atoms. The highest BCUT2D eigenvalue weighted by Crippen LogP contribution is 2.69. The average Bonchev–Trinajstić information content (AvgIpc) is 3.56. The Morgan fingerprint density at radius 3 is 2.63 bits per heavy atom. The monoisotopic (exact) mass is 576 g/mol. The molecule has 2 aromatic rings. The van der Waals surface area contributed by atoms with E-state index in [2.05, 4.69) is 13.5 Å². The topological polar surface area (TPSA) is 87.2 Å². The molecule has 3 heterocycles. The minimum atomic E-state index is -0.856. The number of hydrogen-bond donors (Lipinski definition) is 1. The van der Waals surface area contributed by atoms with Crippen molar-refractivity contribution >= 4 is 35.2 Å². The first kappa shape index (κ1) is 29.4. The van der Waals surface area contributed by atoms with E-state index in [1.54, 1.807) is 34.6 Å². The van der Waals surface area contributed by atoms with Gasteiger partial charge in [-0.05, 0) is 62.3 Å². The molecule has 0 aliphatic carbocycles. The van der Waals surface area contributed by atoms with E-state index in [4.69, 9.17) is 4.74 Å². The van der Waals surface area contributed by atoms with Gasteiger partial charge >= 0.3 is 5.97 Å². The lowest BCUT2D eigenvalue weighted by atomic mass is 9.66. The van der Waals surface area contributed by atoms with Crippen molar-refractivity contribution in [1.29, 1.82) is 0 Å². The van der Waals surface area contributed by atoms with Crippen LogP contribution in [0.25, 0.3) is 0 Å². The van der Waals surface area contributed by atoms with Gasteiger partial charge in [0, 0.05) is 17.5 Å². The molecule has 3 aliphatic heterocycles. The number of likely N-dealkylation sites (tertiary alicyclic amines) is 1. The van der Waals surface area contributed by atoms with Crippen molar-refractivity contribution in [3.05, 3.63) is 77.9 Å². The fraction of sp³-hybridized carbons (Fsp3) is 0.485. The number of nitrogens with zero attached hydrogens (tertiary/aromatic N) is 2. The Kier molecular flexibility index (Phi) is 8.35. The summed E-state index contributed by atoms with van der Waals surface area (Å²) >= 11 is 1.62. The highest BCUT2D eigenvalue weighted by molar-refractivity contribution is 8.02. The molecule has 3 aliphatic rings. The van der Waals surface area contributed by atoms with Crippen LogP contribution >= 0.6 is 11.8 Å². The van der Waals surface area contributed by atoms with E-state index in [1.807, 2.05) is 62.4 Å². The van der Waals surface area contributed by atoms with E-state index >= 15 is 0 Å². The lowest BCUT2D eigenvalue weighted by Gasteiger charge is -2.42. The summed E-state index contributed by atoms with van der Waals surface area (Å²) < 4.78 is 4.68. The molecule has 0 saturated carbocycles. The van der Waals surface area contributed by atoms with Gasteiger partial charge in [0.05, 0.1) is 35.8 Å². The molecule has 0 radical (unpaired) electrons. The number of aliphatic hydroxyl groups excluding tert-OH is 1. The summed E-state index contributed by atoms with van der Waals surface area (Å²) in [4.78, 5) is 46.2. The van der Waals surface area contributed by atoms with Crippen LogP contribution in [0, 0.1) is 31.6 Å². The standard InChI is InChI=1S/C33H40N2O5S/c1-6-15-34(25-16-20(3)13-14-21(25)4)31(38)29-33-22(5)17-26(41-33)27(32(39)40-7-2)28(33)30(37)35(29)24(19-36)18-23-11-9-8-10-12-23/h6,8-14,16,22,24,26-29,36H,1,7,15,17-19H2,2-5H3/t22?,24-,26-,27+,28+,29?,33?/m1/s1. The van der Waals surface area contributed by atoms with Crippen molar-refractivity contribution in [1.82, 2.24) is 4.90 Å². The third-order valence-electron chi connectivity index (χ3n) is 9.13. The van der Waals surface area contributed by atoms with Crippen molar-refractivity contribution in [2.24, 2.45) is 17.8 Å². The number of fused-ring (bicyclic) bond motifs is 1. The molecule has 2 amide bonds. The first-order chi connectivity index (χ1) is 19.7. The molecule has 1 N–H and O–H groups in total. The first-order valence-corrected chi connectivity index (χ1v) is 15.4. The zero-order valence-electron chi connectivity index (χ0n) is 24.3. The highest BCUT2D eigenvalue weighted by Gasteiger charge is 2.77. The first-order valence-electron chi connectivity index (χ1n) is 14.5. The summed E-state index contributed by atoms with van der Waals surface area (Å²) in [6.45, 7) is 12.0. The van der Waals surface area contributed by atoms with Crippen LogP contribution in [0.3, 0.4) is 0 Å². The van der Waals surface area contributed by atoms with Gasteiger partial charge in [-0.25, -0.2) is 0 Å². The molecule has 7 atom stereocenters. The Balaban J connectivity index is 1.66. The summed E-state index contributed by atoms with van der Waals surface area (Å²) in [6, 6.07) is 14.2. The van der Waals surface area contributed by atoms with Crippen LogP contribution in [0.2, 0.25) is 0 Å². The number of aryl methyl sites for hydroxylation is 2. The van der Waals surface area contributed by atoms with Gasteiger partial charge < -0.3 is 19.6 Å². The molecular weight excluding hydrogens is 536 g/mol. The molecule has 3 unspecified atom stereocenters. The number of thioether (sulfide) groups is 1. The number of ether oxygens (including phenoxy) is 1. The molecule has 1 spiro atoms. The zero-order chi connectivity index (χ0) is 29.5. The van der Waals surface area contributed by atoms with Crippen LogP contribution in [0.15, 0.2) is 61.2 Å². The van der Waals surface area contributed by atoms with E-state index in [9.17, 15) is 19.5 Å². The largest absolute Gasteiger partial charge is 0.466 e. The molecule has 2 aromatic carbocycles. The average molecular weight is 577 g/mol. The maximum atomic E-state index is 15.0.